The number of sulfone groups is 1. The van der Waals surface area contributed by atoms with E-state index in [4.69, 9.17) is 0 Å². The van der Waals surface area contributed by atoms with Crippen molar-refractivity contribution in [3.05, 3.63) is 200 Å². The molecule has 0 saturated carbocycles. The smallest absolute Gasteiger partial charge is 0.206 e. The molecule has 0 bridgehead atoms. The summed E-state index contributed by atoms with van der Waals surface area (Å²) in [6, 6.07) is 68.5. The minimum absolute atomic E-state index is 0.269. The zero-order chi connectivity index (χ0) is 40.4. The van der Waals surface area contributed by atoms with Gasteiger partial charge in [0.2, 0.25) is 9.84 Å². The Balaban J connectivity index is 0.953. The van der Waals surface area contributed by atoms with Crippen LogP contribution in [0.15, 0.2) is 210 Å². The van der Waals surface area contributed by atoms with Gasteiger partial charge in [-0.1, -0.05) is 91.0 Å². The molecule has 0 aliphatic rings. The molecule has 0 spiro atoms. The van der Waals surface area contributed by atoms with Gasteiger partial charge in [0.15, 0.2) is 0 Å². The van der Waals surface area contributed by atoms with Crippen LogP contribution in [0.5, 0.6) is 0 Å². The molecular formula is C54H33N3O2S2. The molecule has 13 rings (SSSR count). The highest BCUT2D eigenvalue weighted by Crippen LogP contribution is 2.41. The van der Waals surface area contributed by atoms with Crippen molar-refractivity contribution in [3.8, 4) is 17.1 Å². The van der Waals surface area contributed by atoms with E-state index in [1.54, 1.807) is 23.5 Å². The van der Waals surface area contributed by atoms with Gasteiger partial charge in [0.25, 0.3) is 0 Å². The van der Waals surface area contributed by atoms with Crippen molar-refractivity contribution >= 4 is 107 Å². The molecule has 0 amide bonds. The summed E-state index contributed by atoms with van der Waals surface area (Å²) in [6.07, 6.45) is 0. The lowest BCUT2D eigenvalue weighted by molar-refractivity contribution is 0.596. The van der Waals surface area contributed by atoms with Crippen molar-refractivity contribution in [1.82, 2.24) is 13.7 Å². The average Bonchev–Trinajstić information content (AvgIpc) is 4.05. The summed E-state index contributed by atoms with van der Waals surface area (Å²) in [7, 11) is -3.89. The van der Waals surface area contributed by atoms with Crippen molar-refractivity contribution in [2.75, 3.05) is 0 Å². The van der Waals surface area contributed by atoms with Gasteiger partial charge in [-0.3, -0.25) is 0 Å². The highest BCUT2D eigenvalue weighted by Gasteiger charge is 2.23. The van der Waals surface area contributed by atoms with E-state index < -0.39 is 9.84 Å². The third-order valence-electron chi connectivity index (χ3n) is 12.5. The van der Waals surface area contributed by atoms with Crippen LogP contribution in [0, 0.1) is 0 Å². The molecule has 0 unspecified atom stereocenters. The molecule has 4 heterocycles. The van der Waals surface area contributed by atoms with Crippen LogP contribution in [0.25, 0.3) is 103 Å². The molecule has 0 aliphatic carbocycles. The standard InChI is InChI=1S/C54H33N3O2S2/c58-61(59,37-24-26-51-43(32-37)41-16-6-10-20-49(41)55(51)34-12-2-1-3-13-34)38-25-27-52-44(33-38)42-17-7-11-21-50(42)57(52)36-23-29-54-46(31-36)45-30-35(22-28-53(45)60-54)56-47-18-8-4-14-39(47)40-15-5-9-19-48(40)56/h1-33H. The molecule has 0 N–H and O–H groups in total. The second-order valence-electron chi connectivity index (χ2n) is 15.7. The molecule has 0 fully saturated rings. The van der Waals surface area contributed by atoms with Gasteiger partial charge in [-0.25, -0.2) is 8.42 Å². The summed E-state index contributed by atoms with van der Waals surface area (Å²) in [5, 5.41) is 8.68. The van der Waals surface area contributed by atoms with E-state index in [-0.39, 0.29) is 9.79 Å². The van der Waals surface area contributed by atoms with E-state index in [1.807, 2.05) is 66.7 Å². The fraction of sp³-hybridized carbons (Fsp3) is 0. The Bertz CT molecular complexity index is 4020. The van der Waals surface area contributed by atoms with Gasteiger partial charge in [-0.2, -0.15) is 0 Å². The molecule has 13 aromatic rings. The minimum atomic E-state index is -3.89. The molecule has 0 saturated heterocycles. The third-order valence-corrected chi connectivity index (χ3v) is 15.4. The van der Waals surface area contributed by atoms with Crippen LogP contribution < -0.4 is 0 Å². The van der Waals surface area contributed by atoms with Crippen LogP contribution in [0.1, 0.15) is 0 Å². The first-order chi connectivity index (χ1) is 30.0. The van der Waals surface area contributed by atoms with E-state index in [9.17, 15) is 8.42 Å². The highest BCUT2D eigenvalue weighted by molar-refractivity contribution is 7.91. The lowest BCUT2D eigenvalue weighted by Gasteiger charge is -2.10. The Labute approximate surface area is 354 Å². The van der Waals surface area contributed by atoms with E-state index in [0.29, 0.717) is 0 Å². The summed E-state index contributed by atoms with van der Waals surface area (Å²) >= 11 is 1.81. The van der Waals surface area contributed by atoms with E-state index in [0.717, 1.165) is 60.7 Å². The minimum Gasteiger partial charge on any atom is -0.309 e. The van der Waals surface area contributed by atoms with Crippen molar-refractivity contribution < 1.29 is 8.42 Å². The maximum atomic E-state index is 14.6. The topological polar surface area (TPSA) is 48.9 Å². The average molecular weight is 820 g/mol. The maximum Gasteiger partial charge on any atom is 0.206 e. The Kier molecular flexibility index (Phi) is 7.21. The number of aromatic nitrogens is 3. The predicted octanol–water partition coefficient (Wildman–Crippen LogP) is 14.2. The number of para-hydroxylation sites is 5. The van der Waals surface area contributed by atoms with Crippen molar-refractivity contribution in [1.29, 1.82) is 0 Å². The Morgan fingerprint density at radius 2 is 0.656 bits per heavy atom. The summed E-state index contributed by atoms with van der Waals surface area (Å²) in [5.41, 5.74) is 9.52. The SMILES string of the molecule is O=S(=O)(c1ccc2c(c1)c1ccccc1n2-c1ccccc1)c1ccc2c(c1)c1ccccc1n2-c1ccc2sc3ccc(-n4c5ccccc5c5ccccc54)cc3c2c1. The molecular weight excluding hydrogens is 787 g/mol. The Hall–Kier alpha value is -7.45. The molecule has 5 nitrogen and oxygen atoms in total. The summed E-state index contributed by atoms with van der Waals surface area (Å²) < 4.78 is 38.6. The summed E-state index contributed by atoms with van der Waals surface area (Å²) in [5.74, 6) is 0. The molecule has 7 heteroatoms. The van der Waals surface area contributed by atoms with Crippen LogP contribution in [0.4, 0.5) is 0 Å². The zero-order valence-corrected chi connectivity index (χ0v) is 34.2. The second-order valence-corrected chi connectivity index (χ2v) is 18.8. The van der Waals surface area contributed by atoms with Gasteiger partial charge in [0.1, 0.15) is 0 Å². The van der Waals surface area contributed by atoms with Gasteiger partial charge in [-0.15, -0.1) is 11.3 Å². The molecule has 0 radical (unpaired) electrons. The number of nitrogens with zero attached hydrogens (tertiary/aromatic N) is 3. The number of thiophene rings is 1. The first kappa shape index (κ1) is 34.4. The van der Waals surface area contributed by atoms with Gasteiger partial charge < -0.3 is 13.7 Å². The highest BCUT2D eigenvalue weighted by atomic mass is 32.2. The van der Waals surface area contributed by atoms with Gasteiger partial charge in [0, 0.05) is 69.6 Å². The van der Waals surface area contributed by atoms with Crippen LogP contribution in [-0.2, 0) is 9.84 Å². The molecule has 288 valence electrons. The number of rotatable bonds is 5. The van der Waals surface area contributed by atoms with Crippen LogP contribution in [0.3, 0.4) is 0 Å². The fourth-order valence-corrected chi connectivity index (χ4v) is 12.1. The van der Waals surface area contributed by atoms with Crippen molar-refractivity contribution in [2.45, 2.75) is 9.79 Å². The Morgan fingerprint density at radius 3 is 1.10 bits per heavy atom. The van der Waals surface area contributed by atoms with Crippen molar-refractivity contribution in [2.24, 2.45) is 0 Å². The van der Waals surface area contributed by atoms with E-state index >= 15 is 0 Å². The zero-order valence-electron chi connectivity index (χ0n) is 32.5. The summed E-state index contributed by atoms with van der Waals surface area (Å²) in [6.45, 7) is 0. The molecule has 4 aromatic heterocycles. The molecule has 61 heavy (non-hydrogen) atoms. The predicted molar refractivity (Wildman–Crippen MR) is 254 cm³/mol. The monoisotopic (exact) mass is 819 g/mol. The van der Waals surface area contributed by atoms with Crippen molar-refractivity contribution in [3.63, 3.8) is 0 Å². The van der Waals surface area contributed by atoms with Gasteiger partial charge >= 0.3 is 0 Å². The van der Waals surface area contributed by atoms with Gasteiger partial charge in [0.05, 0.1) is 42.9 Å². The number of fused-ring (bicyclic) bond motifs is 12. The fourth-order valence-electron chi connectivity index (χ4n) is 9.74. The number of hydrogen-bond donors (Lipinski definition) is 0. The van der Waals surface area contributed by atoms with E-state index in [1.165, 1.54) is 42.0 Å². The largest absolute Gasteiger partial charge is 0.309 e. The van der Waals surface area contributed by atoms with Crippen LogP contribution in [-0.4, -0.2) is 22.1 Å². The second kappa shape index (κ2) is 12.8. The quantitative estimate of drug-likeness (QED) is 0.174. The lowest BCUT2D eigenvalue weighted by Crippen LogP contribution is -2.02. The first-order valence-corrected chi connectivity index (χ1v) is 22.6. The third kappa shape index (κ3) is 4.96. The molecule has 0 aliphatic heterocycles. The number of benzene rings is 9. The van der Waals surface area contributed by atoms with Gasteiger partial charge in [-0.05, 0) is 109 Å². The molecule has 9 aromatic carbocycles. The summed E-state index contributed by atoms with van der Waals surface area (Å²) in [4.78, 5) is 0.542. The Morgan fingerprint density at radius 1 is 0.295 bits per heavy atom. The van der Waals surface area contributed by atoms with E-state index in [2.05, 4.69) is 135 Å². The lowest BCUT2D eigenvalue weighted by atomic mass is 10.1. The normalized spacial score (nSPS) is 12.4. The van der Waals surface area contributed by atoms with Crippen LogP contribution >= 0.6 is 11.3 Å². The first-order valence-electron chi connectivity index (χ1n) is 20.3. The van der Waals surface area contributed by atoms with Crippen LogP contribution in [0.2, 0.25) is 0 Å². The molecule has 0 atom stereocenters. The maximum absolute atomic E-state index is 14.6. The number of hydrogen-bond acceptors (Lipinski definition) is 3.